The summed E-state index contributed by atoms with van der Waals surface area (Å²) >= 11 is 0. The van der Waals surface area contributed by atoms with Crippen molar-refractivity contribution in [2.24, 2.45) is 5.73 Å². The molecule has 2 aromatic heterocycles. The molecule has 1 aromatic carbocycles. The molecule has 0 spiro atoms. The first-order valence-electron chi connectivity index (χ1n) is 9.58. The zero-order valence-corrected chi connectivity index (χ0v) is 17.1. The van der Waals surface area contributed by atoms with Crippen LogP contribution in [0.5, 0.6) is 11.5 Å². The Morgan fingerprint density at radius 3 is 2.53 bits per heavy atom. The van der Waals surface area contributed by atoms with E-state index < -0.39 is 24.1 Å². The Morgan fingerprint density at radius 1 is 1.25 bits per heavy atom. The van der Waals surface area contributed by atoms with Gasteiger partial charge in [0.2, 0.25) is 5.91 Å². The Bertz CT molecular complexity index is 1230. The molecular weight excluding hydrogens is 429 g/mol. The average Bonchev–Trinajstić information content (AvgIpc) is 3.07. The van der Waals surface area contributed by atoms with Gasteiger partial charge in [0.25, 0.3) is 5.91 Å². The lowest BCUT2D eigenvalue weighted by atomic mass is 9.91. The largest absolute Gasteiger partial charge is 0.496 e. The summed E-state index contributed by atoms with van der Waals surface area (Å²) in [4.78, 5) is 29.1. The Morgan fingerprint density at radius 2 is 1.94 bits per heavy atom. The van der Waals surface area contributed by atoms with E-state index in [-0.39, 0.29) is 24.6 Å². The topological polar surface area (TPSA) is 99.2 Å². The fourth-order valence-electron chi connectivity index (χ4n) is 3.80. The van der Waals surface area contributed by atoms with Gasteiger partial charge in [-0.3, -0.25) is 14.0 Å². The van der Waals surface area contributed by atoms with Crippen LogP contribution in [-0.2, 0) is 4.79 Å². The molecule has 1 saturated heterocycles. The normalized spacial score (nSPS) is 14.0. The number of hydrogen-bond donors (Lipinski definition) is 1. The molecule has 3 aromatic rings. The highest BCUT2D eigenvalue weighted by atomic mass is 19.3. The fourth-order valence-corrected chi connectivity index (χ4v) is 3.80. The van der Waals surface area contributed by atoms with Crippen molar-refractivity contribution in [3.8, 4) is 22.8 Å². The first-order chi connectivity index (χ1) is 15.2. The van der Waals surface area contributed by atoms with Crippen LogP contribution in [0.1, 0.15) is 30.2 Å². The van der Waals surface area contributed by atoms with Crippen molar-refractivity contribution in [1.82, 2.24) is 14.3 Å². The van der Waals surface area contributed by atoms with Gasteiger partial charge in [-0.25, -0.2) is 9.37 Å². The second-order valence-electron chi connectivity index (χ2n) is 7.36. The van der Waals surface area contributed by atoms with E-state index in [1.54, 1.807) is 11.0 Å². The van der Waals surface area contributed by atoms with Crippen LogP contribution in [0, 0.1) is 5.82 Å². The number of ether oxygens (including phenoxy) is 2. The van der Waals surface area contributed by atoms with E-state index in [4.69, 9.17) is 10.5 Å². The van der Waals surface area contributed by atoms with Crippen LogP contribution in [0.3, 0.4) is 0 Å². The molecule has 1 aliphatic heterocycles. The standard InChI is InChI=1S/C21H19F3N4O4.H2/c1-10(29)27-7-12(8-27)13-5-18-26-6-15(28(18)9-14(13)22)11-3-16(31-2)19(20(25)30)17(4-11)32-21(23)24;/h3-6,9,12,21H,7-8H2,1-2H3,(H2,25,30);1H. The summed E-state index contributed by atoms with van der Waals surface area (Å²) < 4.78 is 51.8. The minimum absolute atomic E-state index is 0. The molecule has 0 unspecified atom stereocenters. The summed E-state index contributed by atoms with van der Waals surface area (Å²) in [5.74, 6) is -2.23. The lowest BCUT2D eigenvalue weighted by Gasteiger charge is -2.39. The molecule has 32 heavy (non-hydrogen) atoms. The molecule has 1 fully saturated rings. The lowest BCUT2D eigenvalue weighted by Crippen LogP contribution is -2.47. The summed E-state index contributed by atoms with van der Waals surface area (Å²) in [5.41, 5.74) is 6.49. The maximum atomic E-state index is 14.9. The number of nitrogens with zero attached hydrogens (tertiary/aromatic N) is 3. The Labute approximate surface area is 181 Å². The molecule has 11 heteroatoms. The fraction of sp³-hybridized carbons (Fsp3) is 0.286. The number of halogens is 3. The highest BCUT2D eigenvalue weighted by Gasteiger charge is 2.32. The van der Waals surface area contributed by atoms with E-state index in [0.717, 1.165) is 0 Å². The molecule has 170 valence electrons. The number of benzene rings is 1. The maximum Gasteiger partial charge on any atom is 0.387 e. The average molecular weight is 450 g/mol. The van der Waals surface area contributed by atoms with Gasteiger partial charge in [-0.05, 0) is 23.8 Å². The van der Waals surface area contributed by atoms with E-state index in [2.05, 4.69) is 9.72 Å². The quantitative estimate of drug-likeness (QED) is 0.623. The molecular formula is C21H21F3N4O4. The van der Waals surface area contributed by atoms with Crippen molar-refractivity contribution in [2.75, 3.05) is 20.2 Å². The van der Waals surface area contributed by atoms with Crippen LogP contribution < -0.4 is 15.2 Å². The number of primary amides is 1. The van der Waals surface area contributed by atoms with E-state index in [9.17, 15) is 22.8 Å². The number of hydrogen-bond acceptors (Lipinski definition) is 5. The van der Waals surface area contributed by atoms with Crippen LogP contribution in [0.4, 0.5) is 13.2 Å². The molecule has 3 heterocycles. The SMILES string of the molecule is COc1cc(-c2cnc3cc(C4CN(C(C)=O)C4)c(F)cn23)cc(OC(F)F)c1C(N)=O.[HH]. The van der Waals surface area contributed by atoms with Crippen molar-refractivity contribution in [1.29, 1.82) is 0 Å². The molecule has 0 saturated carbocycles. The van der Waals surface area contributed by atoms with Crippen molar-refractivity contribution in [3.63, 3.8) is 0 Å². The molecule has 0 aliphatic carbocycles. The third-order valence-electron chi connectivity index (χ3n) is 5.44. The number of rotatable bonds is 6. The van der Waals surface area contributed by atoms with Gasteiger partial charge in [-0.2, -0.15) is 8.78 Å². The van der Waals surface area contributed by atoms with Gasteiger partial charge in [-0.15, -0.1) is 0 Å². The Kier molecular flexibility index (Phi) is 5.41. The van der Waals surface area contributed by atoms with E-state index in [1.807, 2.05) is 0 Å². The lowest BCUT2D eigenvalue weighted by molar-refractivity contribution is -0.133. The van der Waals surface area contributed by atoms with Gasteiger partial charge in [-0.1, -0.05) is 0 Å². The van der Waals surface area contributed by atoms with Crippen LogP contribution in [0.15, 0.2) is 30.6 Å². The maximum absolute atomic E-state index is 14.9. The van der Waals surface area contributed by atoms with E-state index >= 15 is 0 Å². The number of fused-ring (bicyclic) bond motifs is 1. The third-order valence-corrected chi connectivity index (χ3v) is 5.44. The van der Waals surface area contributed by atoms with Crippen molar-refractivity contribution in [3.05, 3.63) is 47.5 Å². The van der Waals surface area contributed by atoms with Crippen LogP contribution in [0.2, 0.25) is 0 Å². The number of pyridine rings is 1. The summed E-state index contributed by atoms with van der Waals surface area (Å²) in [6.07, 6.45) is 2.68. The van der Waals surface area contributed by atoms with Crippen LogP contribution in [0.25, 0.3) is 16.9 Å². The molecule has 2 amide bonds. The van der Waals surface area contributed by atoms with Crippen LogP contribution in [-0.4, -0.2) is 52.9 Å². The van der Waals surface area contributed by atoms with E-state index in [0.29, 0.717) is 35.6 Å². The van der Waals surface area contributed by atoms with Gasteiger partial charge in [0.15, 0.2) is 0 Å². The molecule has 2 N–H and O–H groups in total. The molecule has 4 rings (SSSR count). The monoisotopic (exact) mass is 450 g/mol. The first-order valence-corrected chi connectivity index (χ1v) is 9.58. The number of imidazole rings is 1. The van der Waals surface area contributed by atoms with Crippen molar-refractivity contribution >= 4 is 17.5 Å². The molecule has 0 radical (unpaired) electrons. The number of amides is 2. The summed E-state index contributed by atoms with van der Waals surface area (Å²) in [5, 5.41) is 0. The van der Waals surface area contributed by atoms with Crippen molar-refractivity contribution < 1.29 is 33.7 Å². The number of methoxy groups -OCH3 is 1. The van der Waals surface area contributed by atoms with Gasteiger partial charge < -0.3 is 20.1 Å². The van der Waals surface area contributed by atoms with Gasteiger partial charge >= 0.3 is 6.61 Å². The number of carbonyl (C=O) groups excluding carboxylic acids is 2. The second-order valence-corrected chi connectivity index (χ2v) is 7.36. The molecule has 8 nitrogen and oxygen atoms in total. The van der Waals surface area contributed by atoms with Gasteiger partial charge in [0.1, 0.15) is 28.5 Å². The highest BCUT2D eigenvalue weighted by molar-refractivity contribution is 5.99. The highest BCUT2D eigenvalue weighted by Crippen LogP contribution is 2.37. The number of likely N-dealkylation sites (tertiary alicyclic amines) is 1. The number of aromatic nitrogens is 2. The van der Waals surface area contributed by atoms with Gasteiger partial charge in [0, 0.05) is 39.1 Å². The predicted molar refractivity (Wildman–Crippen MR) is 109 cm³/mol. The third kappa shape index (κ3) is 3.70. The smallest absolute Gasteiger partial charge is 0.387 e. The summed E-state index contributed by atoms with van der Waals surface area (Å²) in [7, 11) is 1.25. The Balaban J connectivity index is 0.00000306. The molecule has 0 bridgehead atoms. The number of alkyl halides is 2. The molecule has 1 aliphatic rings. The van der Waals surface area contributed by atoms with Gasteiger partial charge in [0.05, 0.1) is 19.0 Å². The second kappa shape index (κ2) is 8.06. The minimum Gasteiger partial charge on any atom is -0.496 e. The number of nitrogens with two attached hydrogens (primary N) is 1. The Hall–Kier alpha value is -3.76. The minimum atomic E-state index is -3.20. The number of carbonyl (C=O) groups is 2. The van der Waals surface area contributed by atoms with E-state index in [1.165, 1.54) is 43.0 Å². The zero-order valence-electron chi connectivity index (χ0n) is 17.1. The van der Waals surface area contributed by atoms with Crippen LogP contribution >= 0.6 is 0 Å². The summed E-state index contributed by atoms with van der Waals surface area (Å²) in [6.45, 7) is -0.889. The first kappa shape index (κ1) is 21.5. The predicted octanol–water partition coefficient (Wildman–Crippen LogP) is 3.04. The van der Waals surface area contributed by atoms with Crippen molar-refractivity contribution in [2.45, 2.75) is 19.5 Å². The molecule has 0 atom stereocenters. The summed E-state index contributed by atoms with van der Waals surface area (Å²) in [6, 6.07) is 4.19. The zero-order chi connectivity index (χ0) is 23.2.